The van der Waals surface area contributed by atoms with Crippen molar-refractivity contribution in [1.82, 2.24) is 35.6 Å². The van der Waals surface area contributed by atoms with Crippen LogP contribution in [0.3, 0.4) is 0 Å². The van der Waals surface area contributed by atoms with Gasteiger partial charge in [0.05, 0.1) is 6.20 Å². The SMILES string of the molecule is CCC(CC(=O)O)Cn1nnnc1-c1cn[nH]n1. The number of nitrogens with zero attached hydrogens (tertiary/aromatic N) is 6. The number of carboxylic acid groups (broad SMARTS) is 1. The fourth-order valence-corrected chi connectivity index (χ4v) is 1.65. The number of nitrogens with one attached hydrogen (secondary N) is 1. The molecule has 0 aliphatic rings. The van der Waals surface area contributed by atoms with E-state index in [1.807, 2.05) is 6.92 Å². The van der Waals surface area contributed by atoms with E-state index in [1.54, 1.807) is 4.68 Å². The summed E-state index contributed by atoms with van der Waals surface area (Å²) in [5.74, 6) is -0.359. The van der Waals surface area contributed by atoms with E-state index >= 15 is 0 Å². The Bertz CT molecular complexity index is 507. The summed E-state index contributed by atoms with van der Waals surface area (Å²) < 4.78 is 1.55. The van der Waals surface area contributed by atoms with Crippen LogP contribution in [0.25, 0.3) is 11.5 Å². The van der Waals surface area contributed by atoms with Gasteiger partial charge in [0, 0.05) is 13.0 Å². The van der Waals surface area contributed by atoms with Gasteiger partial charge in [-0.05, 0) is 16.3 Å². The molecule has 1 atom stereocenters. The van der Waals surface area contributed by atoms with Crippen LogP contribution in [-0.2, 0) is 11.3 Å². The van der Waals surface area contributed by atoms with Crippen LogP contribution in [0.5, 0.6) is 0 Å². The Balaban J connectivity index is 2.14. The molecule has 0 saturated carbocycles. The first kappa shape index (κ1) is 12.1. The quantitative estimate of drug-likeness (QED) is 0.738. The number of tetrazole rings is 1. The molecule has 2 N–H and O–H groups in total. The number of aromatic nitrogens is 7. The minimum absolute atomic E-state index is 0.0170. The van der Waals surface area contributed by atoms with Crippen LogP contribution in [0.2, 0.25) is 0 Å². The molecule has 2 aromatic rings. The van der Waals surface area contributed by atoms with Crippen LogP contribution in [-0.4, -0.2) is 46.7 Å². The van der Waals surface area contributed by atoms with Gasteiger partial charge in [-0.2, -0.15) is 15.4 Å². The standard InChI is InChI=1S/C9H13N7O2/c1-2-6(3-8(17)18)5-16-9(12-14-15-16)7-4-10-13-11-7/h4,6H,2-3,5H2,1H3,(H,17,18)(H,10,11,13). The van der Waals surface area contributed by atoms with Crippen LogP contribution in [0.15, 0.2) is 6.20 Å². The van der Waals surface area contributed by atoms with E-state index in [0.29, 0.717) is 18.1 Å². The van der Waals surface area contributed by atoms with Crippen LogP contribution >= 0.6 is 0 Å². The molecule has 18 heavy (non-hydrogen) atoms. The summed E-state index contributed by atoms with van der Waals surface area (Å²) in [4.78, 5) is 10.7. The third kappa shape index (κ3) is 2.67. The van der Waals surface area contributed by atoms with Crippen molar-refractivity contribution < 1.29 is 9.90 Å². The second kappa shape index (κ2) is 5.34. The monoisotopic (exact) mass is 251 g/mol. The molecule has 0 fully saturated rings. The molecule has 0 aliphatic heterocycles. The first-order valence-corrected chi connectivity index (χ1v) is 5.54. The van der Waals surface area contributed by atoms with Gasteiger partial charge in [-0.25, -0.2) is 4.68 Å². The Hall–Kier alpha value is -2.32. The second-order valence-corrected chi connectivity index (χ2v) is 3.91. The Morgan fingerprint density at radius 2 is 2.44 bits per heavy atom. The normalized spacial score (nSPS) is 12.5. The topological polar surface area (TPSA) is 122 Å². The van der Waals surface area contributed by atoms with Crippen molar-refractivity contribution in [3.63, 3.8) is 0 Å². The summed E-state index contributed by atoms with van der Waals surface area (Å²) in [5, 5.41) is 30.2. The number of H-pyrrole nitrogens is 1. The molecule has 0 aliphatic carbocycles. The highest BCUT2D eigenvalue weighted by Gasteiger charge is 2.17. The van der Waals surface area contributed by atoms with Crippen molar-refractivity contribution in [2.45, 2.75) is 26.3 Å². The molecule has 0 spiro atoms. The number of hydrogen-bond acceptors (Lipinski definition) is 6. The third-order valence-corrected chi connectivity index (χ3v) is 2.65. The Morgan fingerprint density at radius 3 is 3.06 bits per heavy atom. The molecule has 9 heteroatoms. The average molecular weight is 251 g/mol. The predicted octanol–water partition coefficient (Wildman–Crippen LogP) is -0.0409. The molecule has 2 aromatic heterocycles. The van der Waals surface area contributed by atoms with E-state index in [0.717, 1.165) is 6.42 Å². The molecule has 0 amide bonds. The minimum atomic E-state index is -0.821. The molecule has 2 heterocycles. The summed E-state index contributed by atoms with van der Waals surface area (Å²) >= 11 is 0. The molecule has 1 unspecified atom stereocenters. The maximum absolute atomic E-state index is 10.7. The highest BCUT2D eigenvalue weighted by atomic mass is 16.4. The number of aromatic amines is 1. The maximum atomic E-state index is 10.7. The lowest BCUT2D eigenvalue weighted by atomic mass is 10.0. The molecule has 0 radical (unpaired) electrons. The molecule has 96 valence electrons. The zero-order valence-electron chi connectivity index (χ0n) is 9.81. The van der Waals surface area contributed by atoms with Gasteiger partial charge in [-0.1, -0.05) is 13.3 Å². The minimum Gasteiger partial charge on any atom is -0.481 e. The number of aliphatic carboxylic acids is 1. The molecule has 0 aromatic carbocycles. The van der Waals surface area contributed by atoms with Crippen molar-refractivity contribution in [1.29, 1.82) is 0 Å². The highest BCUT2D eigenvalue weighted by Crippen LogP contribution is 2.15. The van der Waals surface area contributed by atoms with E-state index < -0.39 is 5.97 Å². The van der Waals surface area contributed by atoms with Crippen molar-refractivity contribution in [3.8, 4) is 11.5 Å². The van der Waals surface area contributed by atoms with Gasteiger partial charge in [0.25, 0.3) is 0 Å². The summed E-state index contributed by atoms with van der Waals surface area (Å²) in [6.45, 7) is 2.38. The van der Waals surface area contributed by atoms with Crippen LogP contribution in [0.4, 0.5) is 0 Å². The largest absolute Gasteiger partial charge is 0.481 e. The van der Waals surface area contributed by atoms with Crippen LogP contribution < -0.4 is 0 Å². The molecule has 9 nitrogen and oxygen atoms in total. The van der Waals surface area contributed by atoms with Gasteiger partial charge in [-0.15, -0.1) is 5.10 Å². The Morgan fingerprint density at radius 1 is 1.61 bits per heavy atom. The molecule has 2 rings (SSSR count). The van der Waals surface area contributed by atoms with E-state index in [4.69, 9.17) is 5.11 Å². The lowest BCUT2D eigenvalue weighted by Crippen LogP contribution is -2.16. The van der Waals surface area contributed by atoms with Crippen molar-refractivity contribution in [2.75, 3.05) is 0 Å². The van der Waals surface area contributed by atoms with Crippen molar-refractivity contribution in [2.24, 2.45) is 5.92 Å². The summed E-state index contributed by atoms with van der Waals surface area (Å²) in [5.41, 5.74) is 0.533. The first-order chi connectivity index (χ1) is 8.70. The highest BCUT2D eigenvalue weighted by molar-refractivity contribution is 5.67. The fourth-order valence-electron chi connectivity index (χ4n) is 1.65. The van der Waals surface area contributed by atoms with E-state index in [2.05, 4.69) is 30.9 Å². The second-order valence-electron chi connectivity index (χ2n) is 3.91. The Labute approximate surface area is 102 Å². The van der Waals surface area contributed by atoms with Gasteiger partial charge >= 0.3 is 5.97 Å². The van der Waals surface area contributed by atoms with Crippen molar-refractivity contribution in [3.05, 3.63) is 6.20 Å². The molecular weight excluding hydrogens is 238 g/mol. The number of carbonyl (C=O) groups is 1. The number of carboxylic acids is 1. The summed E-state index contributed by atoms with van der Waals surface area (Å²) in [6.07, 6.45) is 2.35. The first-order valence-electron chi connectivity index (χ1n) is 5.54. The lowest BCUT2D eigenvalue weighted by Gasteiger charge is -2.12. The fraction of sp³-hybridized carbons (Fsp3) is 0.556. The van der Waals surface area contributed by atoms with E-state index in [-0.39, 0.29) is 12.3 Å². The molecular formula is C9H13N7O2. The van der Waals surface area contributed by atoms with Gasteiger partial charge in [0.2, 0.25) is 5.82 Å². The van der Waals surface area contributed by atoms with E-state index in [1.165, 1.54) is 6.20 Å². The lowest BCUT2D eigenvalue weighted by molar-refractivity contribution is -0.138. The van der Waals surface area contributed by atoms with Crippen molar-refractivity contribution >= 4 is 5.97 Å². The smallest absolute Gasteiger partial charge is 0.303 e. The zero-order chi connectivity index (χ0) is 13.0. The number of hydrogen-bond donors (Lipinski definition) is 2. The number of rotatable bonds is 6. The predicted molar refractivity (Wildman–Crippen MR) is 59.2 cm³/mol. The Kier molecular flexibility index (Phi) is 3.60. The van der Waals surface area contributed by atoms with E-state index in [9.17, 15) is 4.79 Å². The average Bonchev–Trinajstić information content (AvgIpc) is 2.96. The summed E-state index contributed by atoms with van der Waals surface area (Å²) in [6, 6.07) is 0. The molecule has 0 bridgehead atoms. The van der Waals surface area contributed by atoms with Crippen LogP contribution in [0, 0.1) is 5.92 Å². The van der Waals surface area contributed by atoms with Gasteiger partial charge < -0.3 is 5.11 Å². The zero-order valence-corrected chi connectivity index (χ0v) is 9.81. The third-order valence-electron chi connectivity index (χ3n) is 2.65. The molecule has 0 saturated heterocycles. The van der Waals surface area contributed by atoms with Gasteiger partial charge in [0.15, 0.2) is 5.69 Å². The maximum Gasteiger partial charge on any atom is 0.303 e. The van der Waals surface area contributed by atoms with Crippen LogP contribution in [0.1, 0.15) is 19.8 Å². The van der Waals surface area contributed by atoms with Gasteiger partial charge in [0.1, 0.15) is 0 Å². The summed E-state index contributed by atoms with van der Waals surface area (Å²) in [7, 11) is 0. The van der Waals surface area contributed by atoms with Gasteiger partial charge in [-0.3, -0.25) is 4.79 Å².